The Kier molecular flexibility index (Phi) is 5.68. The zero-order valence-corrected chi connectivity index (χ0v) is 16.2. The number of halogens is 2. The second kappa shape index (κ2) is 7.98. The molecule has 0 fully saturated rings. The van der Waals surface area contributed by atoms with Crippen molar-refractivity contribution in [3.05, 3.63) is 67.8 Å². The average molecular weight is 407 g/mol. The first-order valence-electron chi connectivity index (χ1n) is 8.19. The van der Waals surface area contributed by atoms with E-state index in [0.717, 1.165) is 16.8 Å². The molecule has 8 heteroatoms. The molecule has 0 radical (unpaired) electrons. The fourth-order valence-electron chi connectivity index (χ4n) is 2.71. The minimum Gasteiger partial charge on any atom is -0.493 e. The summed E-state index contributed by atoms with van der Waals surface area (Å²) in [5.74, 6) is 1.23. The Hall–Kier alpha value is -2.57. The molecule has 1 heterocycles. The summed E-state index contributed by atoms with van der Waals surface area (Å²) in [4.78, 5) is 15.1. The number of pyridine rings is 1. The Labute approximate surface area is 165 Å². The Morgan fingerprint density at radius 1 is 1.15 bits per heavy atom. The van der Waals surface area contributed by atoms with Crippen LogP contribution in [0.25, 0.3) is 10.9 Å². The predicted octanol–water partition coefficient (Wildman–Crippen LogP) is 5.74. The first kappa shape index (κ1) is 19.2. The highest BCUT2D eigenvalue weighted by atomic mass is 35.5. The van der Waals surface area contributed by atoms with Crippen LogP contribution in [-0.2, 0) is 6.61 Å². The molecule has 0 saturated heterocycles. The Balaban J connectivity index is 1.99. The lowest BCUT2D eigenvalue weighted by Crippen LogP contribution is -2.02. The van der Waals surface area contributed by atoms with Crippen LogP contribution in [0.15, 0.2) is 36.4 Å². The lowest BCUT2D eigenvalue weighted by atomic mass is 10.1. The number of benzene rings is 2. The van der Waals surface area contributed by atoms with Crippen molar-refractivity contribution >= 4 is 39.8 Å². The summed E-state index contributed by atoms with van der Waals surface area (Å²) in [6.45, 7) is 4.28. The van der Waals surface area contributed by atoms with Crippen LogP contribution in [0.4, 0.5) is 5.69 Å². The number of aromatic nitrogens is 1. The molecule has 0 saturated carbocycles. The van der Waals surface area contributed by atoms with E-state index in [2.05, 4.69) is 4.98 Å². The van der Waals surface area contributed by atoms with Gasteiger partial charge in [-0.2, -0.15) is 0 Å². The lowest BCUT2D eigenvalue weighted by molar-refractivity contribution is -0.384. The maximum absolute atomic E-state index is 11.1. The van der Waals surface area contributed by atoms with E-state index in [0.29, 0.717) is 28.5 Å². The van der Waals surface area contributed by atoms with E-state index >= 15 is 0 Å². The quantitative estimate of drug-likeness (QED) is 0.385. The van der Waals surface area contributed by atoms with Crippen LogP contribution in [0.3, 0.4) is 0 Å². The van der Waals surface area contributed by atoms with E-state index < -0.39 is 4.92 Å². The molecule has 3 aromatic rings. The molecule has 6 nitrogen and oxygen atoms in total. The second-order valence-corrected chi connectivity index (χ2v) is 6.54. The third-order valence-electron chi connectivity index (χ3n) is 3.93. The first-order chi connectivity index (χ1) is 12.9. The lowest BCUT2D eigenvalue weighted by Gasteiger charge is -2.13. The van der Waals surface area contributed by atoms with Crippen molar-refractivity contribution in [2.24, 2.45) is 0 Å². The zero-order valence-electron chi connectivity index (χ0n) is 14.7. The van der Waals surface area contributed by atoms with Gasteiger partial charge in [0.1, 0.15) is 28.6 Å². The first-order valence-corrected chi connectivity index (χ1v) is 8.95. The van der Waals surface area contributed by atoms with Gasteiger partial charge in [0.25, 0.3) is 5.69 Å². The Morgan fingerprint density at radius 2 is 1.93 bits per heavy atom. The van der Waals surface area contributed by atoms with E-state index in [1.165, 1.54) is 12.1 Å². The molecule has 0 aliphatic heterocycles. The zero-order chi connectivity index (χ0) is 19.6. The van der Waals surface area contributed by atoms with Crippen molar-refractivity contribution in [3.63, 3.8) is 0 Å². The summed E-state index contributed by atoms with van der Waals surface area (Å²) < 4.78 is 11.6. The minimum absolute atomic E-state index is 0.0297. The van der Waals surface area contributed by atoms with Gasteiger partial charge in [-0.1, -0.05) is 29.3 Å². The van der Waals surface area contributed by atoms with E-state index in [9.17, 15) is 10.1 Å². The number of rotatable bonds is 6. The van der Waals surface area contributed by atoms with Crippen LogP contribution in [0.1, 0.15) is 18.2 Å². The molecule has 0 spiro atoms. The molecular formula is C19H16Cl2N2O4. The van der Waals surface area contributed by atoms with Gasteiger partial charge in [0, 0.05) is 33.8 Å². The van der Waals surface area contributed by atoms with Crippen LogP contribution in [0, 0.1) is 17.0 Å². The van der Waals surface area contributed by atoms with Crippen molar-refractivity contribution in [3.8, 4) is 11.5 Å². The number of aryl methyl sites for hydroxylation is 1. The van der Waals surface area contributed by atoms with Crippen LogP contribution in [0.2, 0.25) is 10.0 Å². The van der Waals surface area contributed by atoms with Crippen molar-refractivity contribution in [1.82, 2.24) is 4.98 Å². The normalized spacial score (nSPS) is 10.8. The van der Waals surface area contributed by atoms with Crippen molar-refractivity contribution in [1.29, 1.82) is 0 Å². The van der Waals surface area contributed by atoms with Gasteiger partial charge < -0.3 is 9.47 Å². The fraction of sp³-hybridized carbons (Fsp3) is 0.211. The van der Waals surface area contributed by atoms with Crippen LogP contribution in [0.5, 0.6) is 11.5 Å². The van der Waals surface area contributed by atoms with Gasteiger partial charge in [0.15, 0.2) is 0 Å². The third-order valence-corrected chi connectivity index (χ3v) is 4.70. The third kappa shape index (κ3) is 3.91. The number of hydrogen-bond donors (Lipinski definition) is 0. The topological polar surface area (TPSA) is 74.5 Å². The van der Waals surface area contributed by atoms with Gasteiger partial charge in [0.2, 0.25) is 0 Å². The standard InChI is InChI=1S/C19H16Cl2N2O4/c1-3-26-17-9-11(2)22-19-12(17)5-4-6-16(19)27-10-13-14(20)7-8-15(18(13)21)23(24)25/h4-9H,3,10H2,1-2H3. The van der Waals surface area contributed by atoms with Crippen LogP contribution >= 0.6 is 23.2 Å². The van der Waals surface area contributed by atoms with Crippen LogP contribution in [-0.4, -0.2) is 16.5 Å². The van der Waals surface area contributed by atoms with Crippen molar-refractivity contribution in [2.75, 3.05) is 6.61 Å². The molecule has 0 atom stereocenters. The molecule has 2 aromatic carbocycles. The molecule has 27 heavy (non-hydrogen) atoms. The maximum Gasteiger partial charge on any atom is 0.288 e. The summed E-state index contributed by atoms with van der Waals surface area (Å²) in [5, 5.41) is 12.2. The van der Waals surface area contributed by atoms with Gasteiger partial charge in [-0.05, 0) is 32.0 Å². The van der Waals surface area contributed by atoms with E-state index in [1.54, 1.807) is 6.07 Å². The summed E-state index contributed by atoms with van der Waals surface area (Å²) in [6.07, 6.45) is 0. The molecule has 0 unspecified atom stereocenters. The number of nitro benzene ring substituents is 1. The molecule has 140 valence electrons. The highest BCUT2D eigenvalue weighted by molar-refractivity contribution is 6.37. The number of hydrogen-bond acceptors (Lipinski definition) is 5. The van der Waals surface area contributed by atoms with Crippen molar-refractivity contribution in [2.45, 2.75) is 20.5 Å². The molecule has 3 rings (SSSR count). The highest BCUT2D eigenvalue weighted by Crippen LogP contribution is 2.36. The predicted molar refractivity (Wildman–Crippen MR) is 105 cm³/mol. The number of nitro groups is 1. The molecule has 0 aliphatic carbocycles. The van der Waals surface area contributed by atoms with Gasteiger partial charge >= 0.3 is 0 Å². The number of fused-ring (bicyclic) bond motifs is 1. The summed E-state index contributed by atoms with van der Waals surface area (Å²) in [5.41, 5.74) is 1.56. The molecule has 0 amide bonds. The number of nitrogens with zero attached hydrogens (tertiary/aromatic N) is 2. The Morgan fingerprint density at radius 3 is 2.63 bits per heavy atom. The van der Waals surface area contributed by atoms with Gasteiger partial charge in [-0.15, -0.1) is 0 Å². The van der Waals surface area contributed by atoms with E-state index in [-0.39, 0.29) is 17.3 Å². The van der Waals surface area contributed by atoms with E-state index in [1.807, 2.05) is 32.0 Å². The van der Waals surface area contributed by atoms with Gasteiger partial charge in [-0.25, -0.2) is 4.98 Å². The molecule has 0 bridgehead atoms. The van der Waals surface area contributed by atoms with Crippen molar-refractivity contribution < 1.29 is 14.4 Å². The minimum atomic E-state index is -0.556. The average Bonchev–Trinajstić information content (AvgIpc) is 2.61. The maximum atomic E-state index is 11.1. The summed E-state index contributed by atoms with van der Waals surface area (Å²) in [6, 6.07) is 10.1. The fourth-order valence-corrected chi connectivity index (χ4v) is 3.26. The monoisotopic (exact) mass is 406 g/mol. The SMILES string of the molecule is CCOc1cc(C)nc2c(OCc3c(Cl)ccc([N+](=O)[O-])c3Cl)cccc12. The van der Waals surface area contributed by atoms with E-state index in [4.69, 9.17) is 32.7 Å². The van der Waals surface area contributed by atoms with Crippen LogP contribution < -0.4 is 9.47 Å². The summed E-state index contributed by atoms with van der Waals surface area (Å²) >= 11 is 12.3. The molecule has 1 aromatic heterocycles. The second-order valence-electron chi connectivity index (χ2n) is 5.75. The Bertz CT molecular complexity index is 1020. The molecular weight excluding hydrogens is 391 g/mol. The smallest absolute Gasteiger partial charge is 0.288 e. The number of para-hydroxylation sites is 1. The largest absolute Gasteiger partial charge is 0.493 e. The van der Waals surface area contributed by atoms with Gasteiger partial charge in [0.05, 0.1) is 11.5 Å². The highest BCUT2D eigenvalue weighted by Gasteiger charge is 2.19. The molecule has 0 aliphatic rings. The van der Waals surface area contributed by atoms with Gasteiger partial charge in [-0.3, -0.25) is 10.1 Å². The molecule has 0 N–H and O–H groups in total. The number of ether oxygens (including phenoxy) is 2. The summed E-state index contributed by atoms with van der Waals surface area (Å²) in [7, 11) is 0.